The zero-order valence-corrected chi connectivity index (χ0v) is 17.3. The van der Waals surface area contributed by atoms with Gasteiger partial charge in [-0.2, -0.15) is 4.98 Å². The van der Waals surface area contributed by atoms with Crippen LogP contribution in [0, 0.1) is 0 Å². The highest BCUT2D eigenvalue weighted by Crippen LogP contribution is 2.16. The van der Waals surface area contributed by atoms with Crippen LogP contribution in [0.4, 0.5) is 15.0 Å². The SMILES string of the molecule is N[C@H]1CCN(Cc2ccc(-n3ccc(NC(=O)N4CCNCC4)nc3=O)cc2)C[C@@H]1F. The van der Waals surface area contributed by atoms with E-state index in [0.29, 0.717) is 38.3 Å². The third-order valence-electron chi connectivity index (χ3n) is 5.74. The Bertz CT molecular complexity index is 959. The lowest BCUT2D eigenvalue weighted by molar-refractivity contribution is 0.114. The van der Waals surface area contributed by atoms with Crippen molar-refractivity contribution in [1.29, 1.82) is 0 Å². The van der Waals surface area contributed by atoms with Crippen molar-refractivity contribution in [3.05, 3.63) is 52.6 Å². The zero-order chi connectivity index (χ0) is 21.8. The van der Waals surface area contributed by atoms with Crippen molar-refractivity contribution in [3.8, 4) is 5.69 Å². The lowest BCUT2D eigenvalue weighted by Crippen LogP contribution is -2.48. The fourth-order valence-electron chi connectivity index (χ4n) is 3.88. The molecule has 31 heavy (non-hydrogen) atoms. The van der Waals surface area contributed by atoms with Crippen LogP contribution in [0.3, 0.4) is 0 Å². The molecule has 3 heterocycles. The average Bonchev–Trinajstić information content (AvgIpc) is 2.78. The number of likely N-dealkylation sites (tertiary alicyclic amines) is 1. The molecule has 2 amide bonds. The number of nitrogens with zero attached hydrogens (tertiary/aromatic N) is 4. The third-order valence-corrected chi connectivity index (χ3v) is 5.74. The van der Waals surface area contributed by atoms with Gasteiger partial charge in [0, 0.05) is 58.1 Å². The number of alkyl halides is 1. The van der Waals surface area contributed by atoms with Crippen LogP contribution in [0.2, 0.25) is 0 Å². The Morgan fingerprint density at radius 3 is 2.61 bits per heavy atom. The van der Waals surface area contributed by atoms with Gasteiger partial charge in [0.25, 0.3) is 0 Å². The highest BCUT2D eigenvalue weighted by atomic mass is 19.1. The molecular formula is C21H28FN7O2. The number of nitrogens with one attached hydrogen (secondary N) is 2. The fourth-order valence-corrected chi connectivity index (χ4v) is 3.88. The molecule has 0 bridgehead atoms. The molecule has 2 aliphatic heterocycles. The smallest absolute Gasteiger partial charge is 0.325 e. The number of nitrogens with two attached hydrogens (primary N) is 1. The van der Waals surface area contributed by atoms with Crippen LogP contribution in [0.25, 0.3) is 5.69 Å². The van der Waals surface area contributed by atoms with Crippen LogP contribution >= 0.6 is 0 Å². The van der Waals surface area contributed by atoms with E-state index in [9.17, 15) is 14.0 Å². The van der Waals surface area contributed by atoms with Crippen LogP contribution < -0.4 is 22.1 Å². The van der Waals surface area contributed by atoms with E-state index < -0.39 is 11.9 Å². The Morgan fingerprint density at radius 2 is 1.94 bits per heavy atom. The van der Waals surface area contributed by atoms with Gasteiger partial charge < -0.3 is 16.0 Å². The van der Waals surface area contributed by atoms with Gasteiger partial charge in [-0.25, -0.2) is 14.0 Å². The van der Waals surface area contributed by atoms with Crippen LogP contribution in [0.1, 0.15) is 12.0 Å². The van der Waals surface area contributed by atoms with Crippen molar-refractivity contribution in [2.45, 2.75) is 25.2 Å². The van der Waals surface area contributed by atoms with Crippen molar-refractivity contribution < 1.29 is 9.18 Å². The molecule has 1 aromatic carbocycles. The summed E-state index contributed by atoms with van der Waals surface area (Å²) >= 11 is 0. The highest BCUT2D eigenvalue weighted by molar-refractivity contribution is 5.88. The Morgan fingerprint density at radius 1 is 1.19 bits per heavy atom. The maximum atomic E-state index is 13.8. The zero-order valence-electron chi connectivity index (χ0n) is 17.3. The molecule has 0 spiro atoms. The Kier molecular flexibility index (Phi) is 6.59. The number of piperidine rings is 1. The summed E-state index contributed by atoms with van der Waals surface area (Å²) in [5.41, 5.74) is 6.97. The van der Waals surface area contributed by atoms with Crippen molar-refractivity contribution >= 4 is 11.8 Å². The van der Waals surface area contributed by atoms with E-state index in [2.05, 4.69) is 15.6 Å². The maximum absolute atomic E-state index is 13.8. The number of hydrogen-bond donors (Lipinski definition) is 3. The topological polar surface area (TPSA) is 109 Å². The van der Waals surface area contributed by atoms with Crippen molar-refractivity contribution in [3.63, 3.8) is 0 Å². The van der Waals surface area contributed by atoms with Gasteiger partial charge in [0.15, 0.2) is 0 Å². The fraction of sp³-hybridized carbons (Fsp3) is 0.476. The van der Waals surface area contributed by atoms with E-state index in [1.54, 1.807) is 17.2 Å². The van der Waals surface area contributed by atoms with Gasteiger partial charge >= 0.3 is 11.7 Å². The molecular weight excluding hydrogens is 401 g/mol. The van der Waals surface area contributed by atoms with Gasteiger partial charge in [0.1, 0.15) is 12.0 Å². The molecule has 4 rings (SSSR count). The summed E-state index contributed by atoms with van der Waals surface area (Å²) in [5.74, 6) is 0.227. The van der Waals surface area contributed by atoms with Crippen LogP contribution in [-0.4, -0.2) is 76.9 Å². The number of hydrogen-bond acceptors (Lipinski definition) is 6. The number of aromatic nitrogens is 2. The van der Waals surface area contributed by atoms with Gasteiger partial charge in [-0.1, -0.05) is 12.1 Å². The Labute approximate surface area is 180 Å². The van der Waals surface area contributed by atoms with E-state index in [0.717, 1.165) is 25.2 Å². The number of carbonyl (C=O) groups excluding carboxylic acids is 1. The summed E-state index contributed by atoms with van der Waals surface area (Å²) in [6.07, 6.45) is 1.25. The second-order valence-corrected chi connectivity index (χ2v) is 8.00. The Balaban J connectivity index is 1.39. The largest absolute Gasteiger partial charge is 0.354 e. The minimum atomic E-state index is -0.997. The molecule has 0 radical (unpaired) electrons. The van der Waals surface area contributed by atoms with E-state index in [-0.39, 0.29) is 17.9 Å². The van der Waals surface area contributed by atoms with Gasteiger partial charge in [0.05, 0.1) is 5.69 Å². The number of anilines is 1. The van der Waals surface area contributed by atoms with E-state index in [1.807, 2.05) is 29.2 Å². The van der Waals surface area contributed by atoms with Crippen LogP contribution in [-0.2, 0) is 6.54 Å². The van der Waals surface area contributed by atoms with Crippen LogP contribution in [0.5, 0.6) is 0 Å². The summed E-state index contributed by atoms with van der Waals surface area (Å²) in [7, 11) is 0. The summed E-state index contributed by atoms with van der Waals surface area (Å²) in [6.45, 7) is 4.48. The lowest BCUT2D eigenvalue weighted by Gasteiger charge is -2.32. The molecule has 166 valence electrons. The molecule has 2 fully saturated rings. The highest BCUT2D eigenvalue weighted by Gasteiger charge is 2.26. The standard InChI is InChI=1S/C21H28FN7O2/c22-17-14-27(9-5-18(17)23)13-15-1-3-16(4-2-15)29-10-6-19(26-21(29)31)25-20(30)28-11-7-24-8-12-28/h1-4,6,10,17-18,24H,5,7-9,11-14,23H2,(H,25,26,30,31)/t17-,18-/m0/s1. The molecule has 2 saturated heterocycles. The predicted molar refractivity (Wildman–Crippen MR) is 116 cm³/mol. The minimum Gasteiger partial charge on any atom is -0.325 e. The number of rotatable bonds is 4. The number of piperazine rings is 1. The molecule has 0 aliphatic carbocycles. The van der Waals surface area contributed by atoms with Crippen molar-refractivity contribution in [1.82, 2.24) is 24.7 Å². The van der Waals surface area contributed by atoms with Gasteiger partial charge in [0.2, 0.25) is 0 Å². The van der Waals surface area contributed by atoms with Crippen molar-refractivity contribution in [2.24, 2.45) is 5.73 Å². The van der Waals surface area contributed by atoms with Crippen molar-refractivity contribution in [2.75, 3.05) is 44.6 Å². The van der Waals surface area contributed by atoms with Gasteiger partial charge in [-0.15, -0.1) is 0 Å². The van der Waals surface area contributed by atoms with Gasteiger partial charge in [-0.3, -0.25) is 14.8 Å². The second-order valence-electron chi connectivity index (χ2n) is 8.00. The first-order valence-corrected chi connectivity index (χ1v) is 10.6. The number of benzene rings is 1. The number of halogens is 1. The monoisotopic (exact) mass is 429 g/mol. The molecule has 4 N–H and O–H groups in total. The van der Waals surface area contributed by atoms with Gasteiger partial charge in [-0.05, 0) is 30.2 Å². The van der Waals surface area contributed by atoms with E-state index >= 15 is 0 Å². The summed E-state index contributed by atoms with van der Waals surface area (Å²) in [4.78, 5) is 32.5. The third kappa shape index (κ3) is 5.27. The predicted octanol–water partition coefficient (Wildman–Crippen LogP) is 0.541. The number of urea groups is 1. The maximum Gasteiger partial charge on any atom is 0.354 e. The normalized spacial score (nSPS) is 22.3. The Hall–Kier alpha value is -2.82. The second kappa shape index (κ2) is 9.54. The molecule has 2 atom stereocenters. The minimum absolute atomic E-state index is 0.227. The first kappa shape index (κ1) is 21.4. The average molecular weight is 430 g/mol. The molecule has 2 aliphatic rings. The summed E-state index contributed by atoms with van der Waals surface area (Å²) in [5, 5.41) is 5.87. The van der Waals surface area contributed by atoms with Crippen LogP contribution in [0.15, 0.2) is 41.3 Å². The summed E-state index contributed by atoms with van der Waals surface area (Å²) < 4.78 is 15.3. The number of carbonyl (C=O) groups is 1. The molecule has 10 heteroatoms. The molecule has 2 aromatic rings. The van der Waals surface area contributed by atoms with E-state index in [1.165, 1.54) is 4.57 Å². The lowest BCUT2D eigenvalue weighted by atomic mass is 10.0. The number of amides is 2. The molecule has 1 aromatic heterocycles. The molecule has 0 unspecified atom stereocenters. The first-order valence-electron chi connectivity index (χ1n) is 10.6. The van der Waals surface area contributed by atoms with E-state index in [4.69, 9.17) is 5.73 Å². The molecule has 9 nitrogen and oxygen atoms in total. The quantitative estimate of drug-likeness (QED) is 0.655. The summed E-state index contributed by atoms with van der Waals surface area (Å²) in [6, 6.07) is 8.48. The molecule has 0 saturated carbocycles. The first-order chi connectivity index (χ1) is 15.0.